The number of nitrogens with zero attached hydrogens (tertiary/aromatic N) is 1. The molecule has 0 spiro atoms. The summed E-state index contributed by atoms with van der Waals surface area (Å²) < 4.78 is 0.952. The molecule has 0 aliphatic rings. The normalized spacial score (nSPS) is 11.4. The maximum absolute atomic E-state index is 9.88. The molecule has 0 atom stereocenters. The van der Waals surface area contributed by atoms with Crippen LogP contribution in [0.2, 0.25) is 0 Å². The van der Waals surface area contributed by atoms with E-state index in [0.29, 0.717) is 6.42 Å². The zero-order valence-corrected chi connectivity index (χ0v) is 6.55. The van der Waals surface area contributed by atoms with Crippen LogP contribution in [0, 0.1) is 0 Å². The minimum absolute atomic E-state index is 0.704. The van der Waals surface area contributed by atoms with E-state index < -0.39 is 0 Å². The van der Waals surface area contributed by atoms with Crippen molar-refractivity contribution in [2.75, 3.05) is 27.7 Å². The fraction of sp³-hybridized carbons (Fsp3) is 0.857. The Labute approximate surface area is 57.1 Å². The van der Waals surface area contributed by atoms with Crippen LogP contribution < -0.4 is 0 Å². The summed E-state index contributed by atoms with van der Waals surface area (Å²) in [5.41, 5.74) is 0. The van der Waals surface area contributed by atoms with E-state index in [-0.39, 0.29) is 0 Å². The molecule has 0 unspecified atom stereocenters. The van der Waals surface area contributed by atoms with E-state index in [4.69, 9.17) is 0 Å². The number of carbonyl (C=O) groups excluding carboxylic acids is 1. The van der Waals surface area contributed by atoms with Gasteiger partial charge in [-0.3, -0.25) is 0 Å². The summed E-state index contributed by atoms with van der Waals surface area (Å²) in [6.07, 6.45) is 2.69. The molecule has 0 fully saturated rings. The molecular formula is C7H16NO+. The molecule has 0 radical (unpaired) electrons. The van der Waals surface area contributed by atoms with Crippen molar-refractivity contribution < 1.29 is 9.28 Å². The number of carbonyl (C=O) groups is 1. The van der Waals surface area contributed by atoms with Gasteiger partial charge in [-0.15, -0.1) is 0 Å². The summed E-state index contributed by atoms with van der Waals surface area (Å²) in [5.74, 6) is 0. The Morgan fingerprint density at radius 3 is 2.22 bits per heavy atom. The molecule has 0 aliphatic heterocycles. The number of aldehydes is 1. The lowest BCUT2D eigenvalue weighted by Crippen LogP contribution is -2.35. The second kappa shape index (κ2) is 3.62. The van der Waals surface area contributed by atoms with E-state index in [1.807, 2.05) is 0 Å². The first-order valence-corrected chi connectivity index (χ1v) is 3.30. The van der Waals surface area contributed by atoms with Gasteiger partial charge in [0.25, 0.3) is 0 Å². The lowest BCUT2D eigenvalue weighted by Gasteiger charge is -2.22. The van der Waals surface area contributed by atoms with E-state index in [9.17, 15) is 4.79 Å². The summed E-state index contributed by atoms with van der Waals surface area (Å²) >= 11 is 0. The van der Waals surface area contributed by atoms with Gasteiger partial charge in [-0.2, -0.15) is 0 Å². The lowest BCUT2D eigenvalue weighted by molar-refractivity contribution is -0.870. The second-order valence-corrected chi connectivity index (χ2v) is 3.32. The first-order valence-electron chi connectivity index (χ1n) is 3.30. The van der Waals surface area contributed by atoms with Crippen molar-refractivity contribution in [2.24, 2.45) is 0 Å². The minimum atomic E-state index is 0.704. The first-order chi connectivity index (χ1) is 4.06. The fourth-order valence-electron chi connectivity index (χ4n) is 0.649. The van der Waals surface area contributed by atoms with Crippen molar-refractivity contribution in [3.05, 3.63) is 0 Å². The summed E-state index contributed by atoms with van der Waals surface area (Å²) in [7, 11) is 6.39. The number of hydrogen-bond acceptors (Lipinski definition) is 1. The summed E-state index contributed by atoms with van der Waals surface area (Å²) in [4.78, 5) is 9.88. The van der Waals surface area contributed by atoms with E-state index in [1.54, 1.807) is 0 Å². The van der Waals surface area contributed by atoms with Crippen molar-refractivity contribution in [1.82, 2.24) is 0 Å². The predicted molar refractivity (Wildman–Crippen MR) is 38.2 cm³/mol. The Hall–Kier alpha value is -0.370. The second-order valence-electron chi connectivity index (χ2n) is 3.32. The molecule has 0 aromatic heterocycles. The van der Waals surface area contributed by atoms with Gasteiger partial charge >= 0.3 is 0 Å². The molecule has 0 aromatic carbocycles. The van der Waals surface area contributed by atoms with Gasteiger partial charge in [0.2, 0.25) is 0 Å². The maximum atomic E-state index is 9.88. The Kier molecular flexibility index (Phi) is 3.47. The van der Waals surface area contributed by atoms with Crippen LogP contribution in [0.25, 0.3) is 0 Å². The van der Waals surface area contributed by atoms with Crippen molar-refractivity contribution in [3.8, 4) is 0 Å². The maximum Gasteiger partial charge on any atom is 0.120 e. The molecule has 0 N–H and O–H groups in total. The highest BCUT2D eigenvalue weighted by atomic mass is 16.1. The summed E-state index contributed by atoms with van der Waals surface area (Å²) in [5, 5.41) is 0. The molecule has 2 heteroatoms. The molecule has 54 valence electrons. The van der Waals surface area contributed by atoms with Crippen molar-refractivity contribution >= 4 is 6.29 Å². The van der Waals surface area contributed by atoms with Crippen molar-refractivity contribution in [2.45, 2.75) is 12.8 Å². The highest BCUT2D eigenvalue weighted by molar-refractivity contribution is 5.48. The van der Waals surface area contributed by atoms with Crippen molar-refractivity contribution in [1.29, 1.82) is 0 Å². The average Bonchev–Trinajstić information content (AvgIpc) is 1.63. The van der Waals surface area contributed by atoms with Crippen LogP contribution >= 0.6 is 0 Å². The lowest BCUT2D eigenvalue weighted by atomic mass is 10.3. The zero-order valence-electron chi connectivity index (χ0n) is 6.55. The molecule has 0 rings (SSSR count). The van der Waals surface area contributed by atoms with Gasteiger partial charge in [0.15, 0.2) is 0 Å². The molecule has 0 saturated carbocycles. The van der Waals surface area contributed by atoms with Gasteiger partial charge in [0, 0.05) is 12.8 Å². The van der Waals surface area contributed by atoms with Gasteiger partial charge in [-0.1, -0.05) is 0 Å². The molecule has 2 nitrogen and oxygen atoms in total. The minimum Gasteiger partial charge on any atom is -0.331 e. The molecule has 0 saturated heterocycles. The summed E-state index contributed by atoms with van der Waals surface area (Å²) in [6, 6.07) is 0. The highest BCUT2D eigenvalue weighted by Gasteiger charge is 2.03. The molecule has 0 bridgehead atoms. The fourth-order valence-corrected chi connectivity index (χ4v) is 0.649. The third-order valence-corrected chi connectivity index (χ3v) is 1.15. The Morgan fingerprint density at radius 2 is 1.89 bits per heavy atom. The monoisotopic (exact) mass is 130 g/mol. The van der Waals surface area contributed by atoms with Gasteiger partial charge in [0.1, 0.15) is 6.29 Å². The number of hydrogen-bond donors (Lipinski definition) is 0. The van der Waals surface area contributed by atoms with E-state index in [1.165, 1.54) is 0 Å². The third kappa shape index (κ3) is 7.63. The average molecular weight is 130 g/mol. The Morgan fingerprint density at radius 1 is 1.33 bits per heavy atom. The zero-order chi connectivity index (χ0) is 7.33. The number of quaternary nitrogens is 1. The smallest absolute Gasteiger partial charge is 0.120 e. The largest absolute Gasteiger partial charge is 0.331 e. The summed E-state index contributed by atoms with van der Waals surface area (Å²) in [6.45, 7) is 1.08. The van der Waals surface area contributed by atoms with Gasteiger partial charge in [-0.05, 0) is 0 Å². The standard InChI is InChI=1S/C7H16NO/c1-8(2,3)6-4-5-7-9/h7H,4-6H2,1-3H3/q+1. The van der Waals surface area contributed by atoms with Crippen LogP contribution in [0.5, 0.6) is 0 Å². The predicted octanol–water partition coefficient (Wildman–Crippen LogP) is 0.672. The third-order valence-electron chi connectivity index (χ3n) is 1.15. The Balaban J connectivity index is 3.17. The molecule has 0 amide bonds. The van der Waals surface area contributed by atoms with Gasteiger partial charge in [-0.25, -0.2) is 0 Å². The number of unbranched alkanes of at least 4 members (excludes halogenated alkanes) is 1. The van der Waals surface area contributed by atoms with Crippen LogP contribution in [-0.2, 0) is 4.79 Å². The van der Waals surface area contributed by atoms with Crippen LogP contribution in [0.4, 0.5) is 0 Å². The highest BCUT2D eigenvalue weighted by Crippen LogP contribution is 1.94. The first kappa shape index (κ1) is 8.63. The van der Waals surface area contributed by atoms with Crippen LogP contribution in [-0.4, -0.2) is 38.5 Å². The van der Waals surface area contributed by atoms with Crippen LogP contribution in [0.15, 0.2) is 0 Å². The van der Waals surface area contributed by atoms with E-state index >= 15 is 0 Å². The SMILES string of the molecule is C[N+](C)(C)CCCC=O. The van der Waals surface area contributed by atoms with E-state index in [0.717, 1.165) is 23.7 Å². The van der Waals surface area contributed by atoms with E-state index in [2.05, 4.69) is 21.1 Å². The van der Waals surface area contributed by atoms with Gasteiger partial charge in [0.05, 0.1) is 27.7 Å². The molecule has 0 heterocycles. The Bertz CT molecular complexity index is 83.4. The number of rotatable bonds is 4. The molecule has 9 heavy (non-hydrogen) atoms. The molecule has 0 aliphatic carbocycles. The topological polar surface area (TPSA) is 17.1 Å². The van der Waals surface area contributed by atoms with Crippen LogP contribution in [0.1, 0.15) is 12.8 Å². The molecular weight excluding hydrogens is 114 g/mol. The van der Waals surface area contributed by atoms with Gasteiger partial charge < -0.3 is 9.28 Å². The quantitative estimate of drug-likeness (QED) is 0.310. The molecule has 0 aromatic rings. The van der Waals surface area contributed by atoms with Crippen LogP contribution in [0.3, 0.4) is 0 Å². The van der Waals surface area contributed by atoms with Crippen molar-refractivity contribution in [3.63, 3.8) is 0 Å².